The lowest BCUT2D eigenvalue weighted by atomic mass is 10.2. The van der Waals surface area contributed by atoms with Gasteiger partial charge in [0, 0.05) is 30.3 Å². The third-order valence-electron chi connectivity index (χ3n) is 3.43. The third kappa shape index (κ3) is 3.49. The second kappa shape index (κ2) is 6.38. The molecular weight excluding hydrogens is 286 g/mol. The molecule has 0 bridgehead atoms. The van der Waals surface area contributed by atoms with E-state index in [1.54, 1.807) is 16.8 Å². The van der Waals surface area contributed by atoms with Crippen LogP contribution in [0.25, 0.3) is 0 Å². The van der Waals surface area contributed by atoms with E-state index in [0.29, 0.717) is 6.54 Å². The first-order valence-electron chi connectivity index (χ1n) is 6.78. The Morgan fingerprint density at radius 2 is 1.95 bits per heavy atom. The molecule has 0 radical (unpaired) electrons. The third-order valence-corrected chi connectivity index (χ3v) is 3.43. The van der Waals surface area contributed by atoms with Crippen LogP contribution in [0.3, 0.4) is 0 Å². The Balaban J connectivity index is 2.17. The average molecular weight is 303 g/mol. The molecule has 0 spiro atoms. The molecule has 0 unspecified atom stereocenters. The number of hydrogen-bond donors (Lipinski definition) is 0. The molecule has 1 aromatic heterocycles. The molecular formula is C15H17N3O4. The monoisotopic (exact) mass is 303 g/mol. The van der Waals surface area contributed by atoms with Crippen LogP contribution < -0.4 is 0 Å². The lowest BCUT2D eigenvalue weighted by Gasteiger charge is -2.06. The molecule has 0 atom stereocenters. The standard InChI is InChI=1S/C15H17N3O4/c1-10-15(9-22-12(3)19)11(2)17(16-10)8-13-4-6-14(7-5-13)18(20)21/h4-7H,8-9H2,1-3H3. The van der Waals surface area contributed by atoms with Gasteiger partial charge in [0.1, 0.15) is 6.61 Å². The molecule has 2 aromatic rings. The molecule has 0 saturated carbocycles. The van der Waals surface area contributed by atoms with E-state index in [2.05, 4.69) is 5.10 Å². The number of esters is 1. The molecule has 7 heteroatoms. The summed E-state index contributed by atoms with van der Waals surface area (Å²) in [5.74, 6) is -0.332. The summed E-state index contributed by atoms with van der Waals surface area (Å²) in [6.45, 7) is 5.84. The maximum atomic E-state index is 10.9. The second-order valence-corrected chi connectivity index (χ2v) is 5.01. The number of carbonyl (C=O) groups is 1. The van der Waals surface area contributed by atoms with E-state index < -0.39 is 4.92 Å². The zero-order valence-electron chi connectivity index (χ0n) is 12.7. The van der Waals surface area contributed by atoms with Crippen LogP contribution in [0.4, 0.5) is 5.69 Å². The molecule has 2 rings (SSSR count). The summed E-state index contributed by atoms with van der Waals surface area (Å²) >= 11 is 0. The van der Waals surface area contributed by atoms with E-state index in [1.165, 1.54) is 19.1 Å². The van der Waals surface area contributed by atoms with Gasteiger partial charge in [-0.1, -0.05) is 12.1 Å². The van der Waals surface area contributed by atoms with Gasteiger partial charge in [-0.15, -0.1) is 0 Å². The van der Waals surface area contributed by atoms with E-state index in [9.17, 15) is 14.9 Å². The number of nitrogens with zero attached hydrogens (tertiary/aromatic N) is 3. The summed E-state index contributed by atoms with van der Waals surface area (Å²) in [7, 11) is 0. The average Bonchev–Trinajstić information content (AvgIpc) is 2.72. The van der Waals surface area contributed by atoms with Gasteiger partial charge in [0.25, 0.3) is 5.69 Å². The van der Waals surface area contributed by atoms with Crippen molar-refractivity contribution in [2.24, 2.45) is 0 Å². The van der Waals surface area contributed by atoms with Crippen molar-refractivity contribution in [3.63, 3.8) is 0 Å². The molecule has 0 amide bonds. The molecule has 22 heavy (non-hydrogen) atoms. The molecule has 116 valence electrons. The Morgan fingerprint density at radius 1 is 1.32 bits per heavy atom. The van der Waals surface area contributed by atoms with Crippen LogP contribution in [-0.2, 0) is 22.7 Å². The maximum absolute atomic E-state index is 10.9. The highest BCUT2D eigenvalue weighted by atomic mass is 16.6. The van der Waals surface area contributed by atoms with Crippen LogP contribution >= 0.6 is 0 Å². The van der Waals surface area contributed by atoms with Crippen LogP contribution in [0.1, 0.15) is 29.4 Å². The van der Waals surface area contributed by atoms with Crippen molar-refractivity contribution in [3.8, 4) is 0 Å². The molecule has 1 aromatic carbocycles. The second-order valence-electron chi connectivity index (χ2n) is 5.01. The first-order valence-corrected chi connectivity index (χ1v) is 6.78. The number of benzene rings is 1. The van der Waals surface area contributed by atoms with Crippen molar-refractivity contribution in [3.05, 3.63) is 56.9 Å². The highest BCUT2D eigenvalue weighted by molar-refractivity contribution is 5.66. The van der Waals surface area contributed by atoms with Gasteiger partial charge in [0.15, 0.2) is 0 Å². The summed E-state index contributed by atoms with van der Waals surface area (Å²) in [5.41, 5.74) is 3.58. The van der Waals surface area contributed by atoms with Crippen LogP contribution in [0.2, 0.25) is 0 Å². The summed E-state index contributed by atoms with van der Waals surface area (Å²) in [5, 5.41) is 15.1. The molecule has 0 aliphatic heterocycles. The predicted molar refractivity (Wildman–Crippen MR) is 79.4 cm³/mol. The first-order chi connectivity index (χ1) is 10.4. The van der Waals surface area contributed by atoms with Gasteiger partial charge in [0.2, 0.25) is 0 Å². The van der Waals surface area contributed by atoms with Crippen molar-refractivity contribution >= 4 is 11.7 Å². The van der Waals surface area contributed by atoms with Gasteiger partial charge in [-0.05, 0) is 19.4 Å². The normalized spacial score (nSPS) is 10.5. The van der Waals surface area contributed by atoms with Crippen molar-refractivity contribution in [1.29, 1.82) is 0 Å². The highest BCUT2D eigenvalue weighted by Gasteiger charge is 2.13. The number of ether oxygens (including phenoxy) is 1. The largest absolute Gasteiger partial charge is 0.461 e. The summed E-state index contributed by atoms with van der Waals surface area (Å²) in [4.78, 5) is 21.1. The minimum absolute atomic E-state index is 0.0627. The van der Waals surface area contributed by atoms with Crippen molar-refractivity contribution in [1.82, 2.24) is 9.78 Å². The highest BCUT2D eigenvalue weighted by Crippen LogP contribution is 2.17. The fraction of sp³-hybridized carbons (Fsp3) is 0.333. The Hall–Kier alpha value is -2.70. The van der Waals surface area contributed by atoms with Crippen molar-refractivity contribution < 1.29 is 14.5 Å². The number of nitro groups is 1. The van der Waals surface area contributed by atoms with Gasteiger partial charge in [-0.2, -0.15) is 5.10 Å². The summed E-state index contributed by atoms with van der Waals surface area (Å²) in [6, 6.07) is 6.36. The number of carbonyl (C=O) groups excluding carboxylic acids is 1. The number of aromatic nitrogens is 2. The van der Waals surface area contributed by atoms with E-state index >= 15 is 0 Å². The van der Waals surface area contributed by atoms with Crippen LogP contribution in [0.15, 0.2) is 24.3 Å². The maximum Gasteiger partial charge on any atom is 0.302 e. The Morgan fingerprint density at radius 3 is 2.50 bits per heavy atom. The number of nitro benzene ring substituents is 1. The smallest absolute Gasteiger partial charge is 0.302 e. The minimum atomic E-state index is -0.426. The van der Waals surface area contributed by atoms with Crippen molar-refractivity contribution in [2.75, 3.05) is 0 Å². The number of aryl methyl sites for hydroxylation is 1. The summed E-state index contributed by atoms with van der Waals surface area (Å²) in [6.07, 6.45) is 0. The Labute approximate surface area is 127 Å². The molecule has 1 heterocycles. The number of rotatable bonds is 5. The lowest BCUT2D eigenvalue weighted by Crippen LogP contribution is -2.05. The molecule has 7 nitrogen and oxygen atoms in total. The number of hydrogen-bond acceptors (Lipinski definition) is 5. The van der Waals surface area contributed by atoms with E-state index in [-0.39, 0.29) is 18.3 Å². The topological polar surface area (TPSA) is 87.3 Å². The van der Waals surface area contributed by atoms with E-state index in [1.807, 2.05) is 13.8 Å². The van der Waals surface area contributed by atoms with Crippen LogP contribution in [-0.4, -0.2) is 20.7 Å². The molecule has 0 N–H and O–H groups in total. The predicted octanol–water partition coefficient (Wildman–Crippen LogP) is 2.52. The Bertz CT molecular complexity index is 704. The molecule has 0 aliphatic rings. The van der Waals surface area contributed by atoms with Crippen LogP contribution in [0, 0.1) is 24.0 Å². The first kappa shape index (κ1) is 15.7. The zero-order valence-corrected chi connectivity index (χ0v) is 12.7. The Kier molecular flexibility index (Phi) is 4.55. The van der Waals surface area contributed by atoms with E-state index in [0.717, 1.165) is 22.5 Å². The minimum Gasteiger partial charge on any atom is -0.461 e. The van der Waals surface area contributed by atoms with Gasteiger partial charge >= 0.3 is 5.97 Å². The molecule has 0 aliphatic carbocycles. The zero-order chi connectivity index (χ0) is 16.3. The fourth-order valence-electron chi connectivity index (χ4n) is 2.17. The SMILES string of the molecule is CC(=O)OCc1c(C)nn(Cc2ccc([N+](=O)[O-])cc2)c1C. The van der Waals surface area contributed by atoms with Gasteiger partial charge < -0.3 is 4.74 Å². The molecule has 0 saturated heterocycles. The molecule has 0 fully saturated rings. The van der Waals surface area contributed by atoms with Gasteiger partial charge in [-0.3, -0.25) is 19.6 Å². The lowest BCUT2D eigenvalue weighted by molar-refractivity contribution is -0.384. The fourth-order valence-corrected chi connectivity index (χ4v) is 2.17. The number of non-ortho nitro benzene ring substituents is 1. The summed E-state index contributed by atoms with van der Waals surface area (Å²) < 4.78 is 6.83. The van der Waals surface area contributed by atoms with Gasteiger partial charge in [-0.25, -0.2) is 0 Å². The van der Waals surface area contributed by atoms with Crippen LogP contribution in [0.5, 0.6) is 0 Å². The van der Waals surface area contributed by atoms with Gasteiger partial charge in [0.05, 0.1) is 17.2 Å². The van der Waals surface area contributed by atoms with E-state index in [4.69, 9.17) is 4.74 Å². The van der Waals surface area contributed by atoms with Crippen molar-refractivity contribution in [2.45, 2.75) is 33.9 Å². The quantitative estimate of drug-likeness (QED) is 0.481.